The molecule has 30 heavy (non-hydrogen) atoms. The highest BCUT2D eigenvalue weighted by Crippen LogP contribution is 2.16. The average molecular weight is 411 g/mol. The van der Waals surface area contributed by atoms with Gasteiger partial charge in [0.05, 0.1) is 23.7 Å². The monoisotopic (exact) mass is 411 g/mol. The molecule has 0 aliphatic carbocycles. The number of imidazole rings is 1. The molecule has 1 aromatic heterocycles. The summed E-state index contributed by atoms with van der Waals surface area (Å²) in [6.45, 7) is 2.25. The summed E-state index contributed by atoms with van der Waals surface area (Å²) in [7, 11) is 0. The normalized spacial score (nSPS) is 16.1. The molecule has 0 spiro atoms. The van der Waals surface area contributed by atoms with E-state index in [4.69, 9.17) is 9.47 Å². The Labute approximate surface area is 175 Å². The topological polar surface area (TPSA) is 67.5 Å². The number of nitrogens with zero attached hydrogens (tertiary/aromatic N) is 2. The van der Waals surface area contributed by atoms with Gasteiger partial charge in [-0.3, -0.25) is 4.79 Å². The number of ether oxygens (including phenoxy) is 2. The lowest BCUT2D eigenvalue weighted by Gasteiger charge is -2.25. The summed E-state index contributed by atoms with van der Waals surface area (Å²) < 4.78 is 24.9. The number of halogens is 1. The van der Waals surface area contributed by atoms with Crippen molar-refractivity contribution in [1.29, 1.82) is 0 Å². The minimum atomic E-state index is -0.310. The molecule has 0 saturated carbocycles. The molecule has 6 nitrogen and oxygen atoms in total. The number of amides is 1. The number of aromatic nitrogens is 2. The molecule has 0 bridgehead atoms. The van der Waals surface area contributed by atoms with Crippen molar-refractivity contribution in [2.75, 3.05) is 26.3 Å². The summed E-state index contributed by atoms with van der Waals surface area (Å²) in [5.41, 5.74) is 1.34. The van der Waals surface area contributed by atoms with Crippen LogP contribution >= 0.6 is 0 Å². The summed E-state index contributed by atoms with van der Waals surface area (Å²) >= 11 is 0. The number of H-pyrrole nitrogens is 1. The fourth-order valence-electron chi connectivity index (χ4n) is 3.68. The second-order valence-electron chi connectivity index (χ2n) is 7.48. The van der Waals surface area contributed by atoms with Crippen LogP contribution in [0.4, 0.5) is 4.39 Å². The average Bonchev–Trinajstić information content (AvgIpc) is 3.41. The molecule has 2 aromatic carbocycles. The molecular formula is C23H26FN3O3. The Bertz CT molecular complexity index is 970. The van der Waals surface area contributed by atoms with Gasteiger partial charge >= 0.3 is 0 Å². The standard InChI is InChI=1S/C23H26FN3O3/c24-17-8-9-20-21(15-17)26-22(25-20)10-11-23(28)27(16-19-7-4-13-29-19)12-14-30-18-5-2-1-3-6-18/h1-3,5-6,8-9,15,19H,4,7,10-14,16H2,(H,25,26). The second kappa shape index (κ2) is 9.71. The van der Waals surface area contributed by atoms with Crippen LogP contribution in [-0.2, 0) is 16.0 Å². The van der Waals surface area contributed by atoms with Crippen molar-refractivity contribution in [3.05, 3.63) is 60.2 Å². The fraction of sp³-hybridized carbons (Fsp3) is 0.391. The summed E-state index contributed by atoms with van der Waals surface area (Å²) in [5, 5.41) is 0. The summed E-state index contributed by atoms with van der Waals surface area (Å²) in [5.74, 6) is 1.20. The van der Waals surface area contributed by atoms with E-state index >= 15 is 0 Å². The highest BCUT2D eigenvalue weighted by molar-refractivity contribution is 5.77. The van der Waals surface area contributed by atoms with E-state index < -0.39 is 0 Å². The molecule has 1 saturated heterocycles. The van der Waals surface area contributed by atoms with Gasteiger partial charge in [-0.1, -0.05) is 18.2 Å². The first-order chi connectivity index (χ1) is 14.7. The molecule has 1 aliphatic heterocycles. The van der Waals surface area contributed by atoms with Gasteiger partial charge < -0.3 is 19.4 Å². The first kappa shape index (κ1) is 20.3. The summed E-state index contributed by atoms with van der Waals surface area (Å²) in [4.78, 5) is 22.3. The SMILES string of the molecule is O=C(CCc1nc2ccc(F)cc2[nH]1)N(CCOc1ccccc1)CC1CCCO1. The molecule has 3 aromatic rings. The molecule has 1 N–H and O–H groups in total. The number of hydrogen-bond donors (Lipinski definition) is 1. The van der Waals surface area contributed by atoms with Crippen LogP contribution in [0.25, 0.3) is 11.0 Å². The van der Waals surface area contributed by atoms with Crippen LogP contribution in [0, 0.1) is 5.82 Å². The highest BCUT2D eigenvalue weighted by atomic mass is 19.1. The minimum absolute atomic E-state index is 0.0359. The number of carbonyl (C=O) groups excluding carboxylic acids is 1. The highest BCUT2D eigenvalue weighted by Gasteiger charge is 2.22. The third-order valence-corrected chi connectivity index (χ3v) is 5.24. The number of carbonyl (C=O) groups is 1. The van der Waals surface area contributed by atoms with E-state index in [0.717, 1.165) is 25.2 Å². The fourth-order valence-corrected chi connectivity index (χ4v) is 3.68. The lowest BCUT2D eigenvalue weighted by molar-refractivity contribution is -0.133. The number of nitrogens with one attached hydrogen (secondary N) is 1. The number of fused-ring (bicyclic) bond motifs is 1. The van der Waals surface area contributed by atoms with Gasteiger partial charge in [-0.15, -0.1) is 0 Å². The smallest absolute Gasteiger partial charge is 0.223 e. The Balaban J connectivity index is 1.34. The second-order valence-corrected chi connectivity index (χ2v) is 7.48. The molecule has 1 unspecified atom stereocenters. The van der Waals surface area contributed by atoms with Gasteiger partial charge in [0.25, 0.3) is 0 Å². The third kappa shape index (κ3) is 5.36. The van der Waals surface area contributed by atoms with E-state index in [-0.39, 0.29) is 17.8 Å². The van der Waals surface area contributed by atoms with E-state index in [1.807, 2.05) is 35.2 Å². The maximum absolute atomic E-state index is 13.4. The van der Waals surface area contributed by atoms with Crippen LogP contribution in [0.3, 0.4) is 0 Å². The molecule has 158 valence electrons. The van der Waals surface area contributed by atoms with Crippen LogP contribution < -0.4 is 4.74 Å². The van der Waals surface area contributed by atoms with Crippen molar-refractivity contribution in [2.24, 2.45) is 0 Å². The lowest BCUT2D eigenvalue weighted by Crippen LogP contribution is -2.40. The Morgan fingerprint density at radius 1 is 1.27 bits per heavy atom. The van der Waals surface area contributed by atoms with Crippen LogP contribution in [0.1, 0.15) is 25.1 Å². The third-order valence-electron chi connectivity index (χ3n) is 5.24. The van der Waals surface area contributed by atoms with Gasteiger partial charge in [0.1, 0.15) is 24.0 Å². The van der Waals surface area contributed by atoms with Crippen LogP contribution in [0.15, 0.2) is 48.5 Å². The molecule has 1 amide bonds. The largest absolute Gasteiger partial charge is 0.492 e. The minimum Gasteiger partial charge on any atom is -0.492 e. The van der Waals surface area contributed by atoms with Crippen molar-refractivity contribution < 1.29 is 18.7 Å². The van der Waals surface area contributed by atoms with Crippen LogP contribution in [0.2, 0.25) is 0 Å². The Kier molecular flexibility index (Phi) is 6.59. The number of para-hydroxylation sites is 1. The molecule has 2 heterocycles. The number of rotatable bonds is 9. The molecule has 1 aliphatic rings. The van der Waals surface area contributed by atoms with Crippen molar-refractivity contribution >= 4 is 16.9 Å². The maximum atomic E-state index is 13.4. The Hall–Kier alpha value is -2.93. The quantitative estimate of drug-likeness (QED) is 0.583. The van der Waals surface area contributed by atoms with Crippen molar-refractivity contribution in [3.63, 3.8) is 0 Å². The van der Waals surface area contributed by atoms with Gasteiger partial charge in [-0.25, -0.2) is 9.37 Å². The molecule has 4 rings (SSSR count). The number of aryl methyl sites for hydroxylation is 1. The predicted octanol–water partition coefficient (Wildman–Crippen LogP) is 3.72. The molecule has 1 fully saturated rings. The van der Waals surface area contributed by atoms with Gasteiger partial charge in [-0.2, -0.15) is 0 Å². The lowest BCUT2D eigenvalue weighted by atomic mass is 10.2. The van der Waals surface area contributed by atoms with Gasteiger partial charge in [0.2, 0.25) is 5.91 Å². The number of benzene rings is 2. The molecule has 1 atom stereocenters. The van der Waals surface area contributed by atoms with Crippen molar-refractivity contribution in [2.45, 2.75) is 31.8 Å². The van der Waals surface area contributed by atoms with Gasteiger partial charge in [0, 0.05) is 26.0 Å². The number of aromatic amines is 1. The Morgan fingerprint density at radius 2 is 2.13 bits per heavy atom. The van der Waals surface area contributed by atoms with E-state index in [1.165, 1.54) is 12.1 Å². The molecular weight excluding hydrogens is 385 g/mol. The first-order valence-electron chi connectivity index (χ1n) is 10.4. The zero-order valence-corrected chi connectivity index (χ0v) is 16.9. The van der Waals surface area contributed by atoms with Crippen LogP contribution in [-0.4, -0.2) is 53.2 Å². The molecule has 7 heteroatoms. The maximum Gasteiger partial charge on any atom is 0.223 e. The number of hydrogen-bond acceptors (Lipinski definition) is 4. The van der Waals surface area contributed by atoms with E-state index in [1.54, 1.807) is 6.07 Å². The van der Waals surface area contributed by atoms with E-state index in [0.29, 0.717) is 49.4 Å². The predicted molar refractivity (Wildman–Crippen MR) is 112 cm³/mol. The zero-order chi connectivity index (χ0) is 20.8. The Morgan fingerprint density at radius 3 is 2.93 bits per heavy atom. The van der Waals surface area contributed by atoms with Crippen molar-refractivity contribution in [1.82, 2.24) is 14.9 Å². The summed E-state index contributed by atoms with van der Waals surface area (Å²) in [6.07, 6.45) is 2.87. The summed E-state index contributed by atoms with van der Waals surface area (Å²) in [6, 6.07) is 14.0. The van der Waals surface area contributed by atoms with E-state index in [9.17, 15) is 9.18 Å². The van der Waals surface area contributed by atoms with Gasteiger partial charge in [-0.05, 0) is 43.2 Å². The van der Waals surface area contributed by atoms with Crippen molar-refractivity contribution in [3.8, 4) is 5.75 Å². The van der Waals surface area contributed by atoms with E-state index in [2.05, 4.69) is 9.97 Å². The van der Waals surface area contributed by atoms with Gasteiger partial charge in [0.15, 0.2) is 0 Å². The molecule has 0 radical (unpaired) electrons. The van der Waals surface area contributed by atoms with Crippen LogP contribution in [0.5, 0.6) is 5.75 Å². The zero-order valence-electron chi connectivity index (χ0n) is 16.9. The first-order valence-corrected chi connectivity index (χ1v) is 10.4.